The van der Waals surface area contributed by atoms with Gasteiger partial charge in [0.2, 0.25) is 0 Å². The van der Waals surface area contributed by atoms with Crippen LogP contribution in [0.1, 0.15) is 0 Å². The van der Waals surface area contributed by atoms with Crippen LogP contribution in [0.15, 0.2) is 152 Å². The van der Waals surface area contributed by atoms with Crippen LogP contribution in [0.5, 0.6) is 0 Å². The fraction of sp³-hybridized carbons (Fsp3) is 0. The zero-order valence-electron chi connectivity index (χ0n) is 25.2. The lowest BCUT2D eigenvalue weighted by molar-refractivity contribution is 1.08. The molecule has 0 unspecified atom stereocenters. The maximum Gasteiger partial charge on any atom is 0.164 e. The van der Waals surface area contributed by atoms with Gasteiger partial charge in [0.25, 0.3) is 0 Å². The first-order valence-corrected chi connectivity index (χ1v) is 16.6. The second-order valence-electron chi connectivity index (χ2n) is 12.0. The summed E-state index contributed by atoms with van der Waals surface area (Å²) in [4.78, 5) is 15.1. The summed E-state index contributed by atoms with van der Waals surface area (Å²) >= 11 is 1.80. The molecule has 0 saturated heterocycles. The molecule has 0 aliphatic rings. The van der Waals surface area contributed by atoms with E-state index in [9.17, 15) is 0 Å². The maximum atomic E-state index is 5.08. The Hall–Kier alpha value is -5.97. The highest BCUT2D eigenvalue weighted by molar-refractivity contribution is 7.25. The number of fused-ring (bicyclic) bond motifs is 10. The van der Waals surface area contributed by atoms with Crippen LogP contribution >= 0.6 is 11.3 Å². The molecule has 4 heteroatoms. The van der Waals surface area contributed by atoms with Crippen molar-refractivity contribution in [1.29, 1.82) is 0 Å². The van der Waals surface area contributed by atoms with Gasteiger partial charge < -0.3 is 0 Å². The van der Waals surface area contributed by atoms with Gasteiger partial charge in [-0.1, -0.05) is 133 Å². The summed E-state index contributed by atoms with van der Waals surface area (Å²) in [5.74, 6) is 2.00. The third kappa shape index (κ3) is 4.23. The van der Waals surface area contributed by atoms with Gasteiger partial charge in [-0.25, -0.2) is 15.0 Å². The zero-order valence-corrected chi connectivity index (χ0v) is 26.0. The van der Waals surface area contributed by atoms with E-state index in [1.165, 1.54) is 57.9 Å². The van der Waals surface area contributed by atoms with E-state index >= 15 is 0 Å². The molecular formula is C43H25N3S. The van der Waals surface area contributed by atoms with Crippen molar-refractivity contribution >= 4 is 74.6 Å². The number of nitrogens with zero attached hydrogens (tertiary/aromatic N) is 3. The molecule has 10 rings (SSSR count). The first kappa shape index (κ1) is 26.3. The normalized spacial score (nSPS) is 11.8. The molecule has 3 nitrogen and oxygen atoms in total. The molecule has 0 aliphatic heterocycles. The largest absolute Gasteiger partial charge is 0.208 e. The molecule has 2 heterocycles. The Morgan fingerprint density at radius 1 is 0.298 bits per heavy atom. The molecule has 0 atom stereocenters. The van der Waals surface area contributed by atoms with Gasteiger partial charge in [-0.05, 0) is 61.3 Å². The van der Waals surface area contributed by atoms with E-state index in [1.807, 2.05) is 18.2 Å². The lowest BCUT2D eigenvalue weighted by atomic mass is 9.94. The Morgan fingerprint density at radius 3 is 1.55 bits per heavy atom. The summed E-state index contributed by atoms with van der Waals surface area (Å²) < 4.78 is 2.51. The molecule has 0 amide bonds. The van der Waals surface area contributed by atoms with E-state index in [0.717, 1.165) is 22.1 Å². The SMILES string of the molecule is c1ccc(-c2nc(-c3ccc4c(ccc5c4ccc4c6ccccc6ccc45)c3)nc(-c3ccc4c(c3)sc3ccccc34)n2)cc1. The minimum atomic E-state index is 0.664. The van der Waals surface area contributed by atoms with Gasteiger partial charge in [-0.2, -0.15) is 0 Å². The van der Waals surface area contributed by atoms with Gasteiger partial charge in [0.05, 0.1) is 0 Å². The van der Waals surface area contributed by atoms with E-state index in [-0.39, 0.29) is 0 Å². The monoisotopic (exact) mass is 615 g/mol. The molecule has 0 radical (unpaired) electrons. The predicted octanol–water partition coefficient (Wildman–Crippen LogP) is 11.9. The van der Waals surface area contributed by atoms with Crippen molar-refractivity contribution in [3.8, 4) is 34.2 Å². The summed E-state index contributed by atoms with van der Waals surface area (Å²) in [5, 5.41) is 12.5. The van der Waals surface area contributed by atoms with Gasteiger partial charge in [0, 0.05) is 36.9 Å². The summed E-state index contributed by atoms with van der Waals surface area (Å²) in [6.07, 6.45) is 0. The Labute approximate surface area is 274 Å². The average Bonchev–Trinajstić information content (AvgIpc) is 3.52. The van der Waals surface area contributed by atoms with Crippen LogP contribution in [-0.4, -0.2) is 15.0 Å². The van der Waals surface area contributed by atoms with Crippen LogP contribution in [0.4, 0.5) is 0 Å². The fourth-order valence-electron chi connectivity index (χ4n) is 7.00. The maximum absolute atomic E-state index is 5.08. The van der Waals surface area contributed by atoms with Crippen molar-refractivity contribution in [3.63, 3.8) is 0 Å². The zero-order chi connectivity index (χ0) is 30.9. The van der Waals surface area contributed by atoms with Crippen LogP contribution < -0.4 is 0 Å². The van der Waals surface area contributed by atoms with Crippen molar-refractivity contribution in [2.24, 2.45) is 0 Å². The molecule has 0 spiro atoms. The smallest absolute Gasteiger partial charge is 0.164 e. The number of aromatic nitrogens is 3. The average molecular weight is 616 g/mol. The molecule has 2 aromatic heterocycles. The molecular weight excluding hydrogens is 591 g/mol. The molecule has 47 heavy (non-hydrogen) atoms. The molecule has 0 N–H and O–H groups in total. The van der Waals surface area contributed by atoms with Gasteiger partial charge in [-0.3, -0.25) is 0 Å². The highest BCUT2D eigenvalue weighted by atomic mass is 32.1. The molecule has 0 fully saturated rings. The quantitative estimate of drug-likeness (QED) is 0.186. The number of hydrogen-bond acceptors (Lipinski definition) is 4. The third-order valence-electron chi connectivity index (χ3n) is 9.30. The van der Waals surface area contributed by atoms with Gasteiger partial charge in [0.15, 0.2) is 17.5 Å². The first-order valence-electron chi connectivity index (χ1n) is 15.8. The first-order chi connectivity index (χ1) is 23.3. The van der Waals surface area contributed by atoms with Gasteiger partial charge >= 0.3 is 0 Å². The summed E-state index contributed by atoms with van der Waals surface area (Å²) in [5.41, 5.74) is 2.91. The number of benzene rings is 8. The molecule has 218 valence electrons. The van der Waals surface area contributed by atoms with Crippen molar-refractivity contribution in [3.05, 3.63) is 152 Å². The van der Waals surface area contributed by atoms with Crippen molar-refractivity contribution in [1.82, 2.24) is 15.0 Å². The van der Waals surface area contributed by atoms with E-state index in [0.29, 0.717) is 17.5 Å². The lowest BCUT2D eigenvalue weighted by Gasteiger charge is -2.12. The second-order valence-corrected chi connectivity index (χ2v) is 13.1. The Bertz CT molecular complexity index is 2850. The van der Waals surface area contributed by atoms with Crippen molar-refractivity contribution in [2.75, 3.05) is 0 Å². The minimum Gasteiger partial charge on any atom is -0.208 e. The number of rotatable bonds is 3. The second kappa shape index (κ2) is 10.3. The van der Waals surface area contributed by atoms with Crippen LogP contribution in [0.2, 0.25) is 0 Å². The third-order valence-corrected chi connectivity index (χ3v) is 10.4. The Morgan fingerprint density at radius 2 is 0.787 bits per heavy atom. The van der Waals surface area contributed by atoms with Crippen LogP contribution in [0.25, 0.3) is 97.4 Å². The fourth-order valence-corrected chi connectivity index (χ4v) is 8.14. The van der Waals surface area contributed by atoms with E-state index in [1.54, 1.807) is 11.3 Å². The summed E-state index contributed by atoms with van der Waals surface area (Å²) in [7, 11) is 0. The number of thiophene rings is 1. The Balaban J connectivity index is 1.14. The number of hydrogen-bond donors (Lipinski definition) is 0. The lowest BCUT2D eigenvalue weighted by Crippen LogP contribution is -2.00. The molecule has 0 aliphatic carbocycles. The summed E-state index contributed by atoms with van der Waals surface area (Å²) in [6, 6.07) is 54.0. The highest BCUT2D eigenvalue weighted by Gasteiger charge is 2.15. The summed E-state index contributed by atoms with van der Waals surface area (Å²) in [6.45, 7) is 0. The van der Waals surface area contributed by atoms with Crippen molar-refractivity contribution in [2.45, 2.75) is 0 Å². The molecule has 8 aromatic carbocycles. The van der Waals surface area contributed by atoms with Crippen LogP contribution in [0, 0.1) is 0 Å². The van der Waals surface area contributed by atoms with Gasteiger partial charge in [-0.15, -0.1) is 11.3 Å². The minimum absolute atomic E-state index is 0.664. The van der Waals surface area contributed by atoms with E-state index < -0.39 is 0 Å². The highest BCUT2D eigenvalue weighted by Crippen LogP contribution is 2.38. The van der Waals surface area contributed by atoms with E-state index in [4.69, 9.17) is 15.0 Å². The predicted molar refractivity (Wildman–Crippen MR) is 199 cm³/mol. The van der Waals surface area contributed by atoms with Crippen LogP contribution in [0.3, 0.4) is 0 Å². The van der Waals surface area contributed by atoms with Gasteiger partial charge in [0.1, 0.15) is 0 Å². The Kier molecular flexibility index (Phi) is 5.74. The van der Waals surface area contributed by atoms with Crippen molar-refractivity contribution < 1.29 is 0 Å². The molecule has 0 saturated carbocycles. The van der Waals surface area contributed by atoms with E-state index in [2.05, 4.69) is 133 Å². The van der Waals surface area contributed by atoms with Crippen LogP contribution in [-0.2, 0) is 0 Å². The molecule has 10 aromatic rings. The topological polar surface area (TPSA) is 38.7 Å². The standard InChI is InChI=1S/C43H25N3S/c1-2-9-27(10-3-1)41-44-42(46-43(45-41)30-17-21-38-37-12-6-7-13-39(37)47-40(38)25-30)29-16-18-32-28(24-29)15-20-36-34(32)23-22-33-31-11-5-4-8-26(31)14-19-35(33)36/h1-25H. The molecule has 0 bridgehead atoms.